The number of carbonyl (C=O) groups is 2. The van der Waals surface area contributed by atoms with Gasteiger partial charge in [0.2, 0.25) is 0 Å². The molecule has 0 bridgehead atoms. The number of benzene rings is 2. The summed E-state index contributed by atoms with van der Waals surface area (Å²) in [6, 6.07) is 17.1. The minimum absolute atomic E-state index is 0.00249. The summed E-state index contributed by atoms with van der Waals surface area (Å²) in [6.45, 7) is 2.80. The molecule has 0 atom stereocenters. The Kier molecular flexibility index (Phi) is 7.01. The number of ether oxygens (including phenoxy) is 2. The Labute approximate surface area is 190 Å². The van der Waals surface area contributed by atoms with E-state index in [1.165, 1.54) is 11.8 Å². The first-order chi connectivity index (χ1) is 15.1. The van der Waals surface area contributed by atoms with Crippen LogP contribution in [-0.4, -0.2) is 58.8 Å². The van der Waals surface area contributed by atoms with Gasteiger partial charge in [0.1, 0.15) is 10.1 Å². The molecule has 31 heavy (non-hydrogen) atoms. The van der Waals surface area contributed by atoms with Gasteiger partial charge in [-0.2, -0.15) is 0 Å². The molecule has 2 fully saturated rings. The van der Waals surface area contributed by atoms with Gasteiger partial charge in [0.05, 0.1) is 24.7 Å². The Bertz CT molecular complexity index is 986. The molecule has 160 valence electrons. The second kappa shape index (κ2) is 10.1. The Morgan fingerprint density at radius 1 is 1.10 bits per heavy atom. The normalized spacial score (nSPS) is 18.0. The number of hydrogen-bond donors (Lipinski definition) is 0. The molecule has 0 N–H and O–H groups in total. The first kappa shape index (κ1) is 21.5. The molecule has 2 heterocycles. The van der Waals surface area contributed by atoms with Crippen LogP contribution in [0, 0.1) is 0 Å². The summed E-state index contributed by atoms with van der Waals surface area (Å²) in [5.41, 5.74) is 1.90. The molecule has 0 radical (unpaired) electrons. The predicted octanol–water partition coefficient (Wildman–Crippen LogP) is 3.33. The Morgan fingerprint density at radius 2 is 1.81 bits per heavy atom. The lowest BCUT2D eigenvalue weighted by Crippen LogP contribution is -2.42. The van der Waals surface area contributed by atoms with E-state index in [9.17, 15) is 9.59 Å². The molecule has 0 aromatic heterocycles. The van der Waals surface area contributed by atoms with E-state index in [4.69, 9.17) is 21.7 Å². The largest absolute Gasteiger partial charge is 0.484 e. The molecule has 0 unspecified atom stereocenters. The fraction of sp³-hybridized carbons (Fsp3) is 0.261. The molecule has 2 aliphatic heterocycles. The van der Waals surface area contributed by atoms with Gasteiger partial charge >= 0.3 is 0 Å². The Morgan fingerprint density at radius 3 is 2.52 bits per heavy atom. The minimum atomic E-state index is -0.0877. The molecule has 0 saturated carbocycles. The predicted molar refractivity (Wildman–Crippen MR) is 124 cm³/mol. The Balaban J connectivity index is 1.35. The third-order valence-electron chi connectivity index (χ3n) is 4.96. The van der Waals surface area contributed by atoms with Gasteiger partial charge in [0, 0.05) is 13.1 Å². The van der Waals surface area contributed by atoms with Gasteiger partial charge < -0.3 is 14.4 Å². The van der Waals surface area contributed by atoms with Crippen molar-refractivity contribution in [1.82, 2.24) is 9.80 Å². The number of rotatable bonds is 6. The molecule has 6 nitrogen and oxygen atoms in total. The molecule has 2 aromatic carbocycles. The lowest BCUT2D eigenvalue weighted by Gasteiger charge is -2.26. The second-order valence-electron chi connectivity index (χ2n) is 7.10. The zero-order chi connectivity index (χ0) is 21.6. The molecule has 0 spiro atoms. The van der Waals surface area contributed by atoms with Gasteiger partial charge in [-0.05, 0) is 29.3 Å². The summed E-state index contributed by atoms with van der Waals surface area (Å²) in [4.78, 5) is 28.9. The number of carbonyl (C=O) groups excluding carboxylic acids is 2. The maximum atomic E-state index is 12.8. The fourth-order valence-corrected chi connectivity index (χ4v) is 4.52. The van der Waals surface area contributed by atoms with Crippen LogP contribution < -0.4 is 4.74 Å². The quantitative estimate of drug-likeness (QED) is 0.493. The van der Waals surface area contributed by atoms with Crippen molar-refractivity contribution < 1.29 is 19.1 Å². The van der Waals surface area contributed by atoms with Crippen LogP contribution in [0.4, 0.5) is 0 Å². The smallest absolute Gasteiger partial charge is 0.266 e. The fourth-order valence-electron chi connectivity index (χ4n) is 3.26. The standard InChI is InChI=1S/C23H22N2O4S2/c26-21(24-10-12-28-13-11-24)16-29-19-8-6-17(7-9-19)14-20-22(27)25(23(30)31-20)15-18-4-2-1-3-5-18/h1-9,14H,10-13,15-16H2/b20-14-. The lowest BCUT2D eigenvalue weighted by molar-refractivity contribution is -0.137. The zero-order valence-corrected chi connectivity index (χ0v) is 18.5. The molecule has 2 amide bonds. The van der Waals surface area contributed by atoms with Crippen LogP contribution >= 0.6 is 24.0 Å². The van der Waals surface area contributed by atoms with E-state index in [0.29, 0.717) is 47.8 Å². The summed E-state index contributed by atoms with van der Waals surface area (Å²) < 4.78 is 11.4. The monoisotopic (exact) mass is 454 g/mol. The van der Waals surface area contributed by atoms with E-state index >= 15 is 0 Å². The van der Waals surface area contributed by atoms with Crippen LogP contribution in [0.2, 0.25) is 0 Å². The van der Waals surface area contributed by atoms with E-state index < -0.39 is 0 Å². The van der Waals surface area contributed by atoms with Crippen LogP contribution in [-0.2, 0) is 20.9 Å². The SMILES string of the molecule is O=C(COc1ccc(/C=C2\SC(=S)N(Cc3ccccc3)C2=O)cc1)N1CCOCC1. The Hall–Kier alpha value is -2.68. The maximum Gasteiger partial charge on any atom is 0.266 e. The maximum absolute atomic E-state index is 12.8. The molecule has 2 aliphatic rings. The van der Waals surface area contributed by atoms with Gasteiger partial charge in [-0.15, -0.1) is 0 Å². The summed E-state index contributed by atoms with van der Waals surface area (Å²) in [5, 5.41) is 0. The van der Waals surface area contributed by atoms with Gasteiger partial charge in [0.25, 0.3) is 11.8 Å². The number of thioether (sulfide) groups is 1. The number of morpholine rings is 1. The van der Waals surface area contributed by atoms with Gasteiger partial charge in [-0.25, -0.2) is 0 Å². The third kappa shape index (κ3) is 5.52. The van der Waals surface area contributed by atoms with E-state index in [1.807, 2.05) is 48.5 Å². The van der Waals surface area contributed by atoms with Crippen LogP contribution in [0.15, 0.2) is 59.5 Å². The van der Waals surface area contributed by atoms with Crippen molar-refractivity contribution in [3.63, 3.8) is 0 Å². The summed E-state index contributed by atoms with van der Waals surface area (Å²) in [6.07, 6.45) is 1.83. The van der Waals surface area contributed by atoms with Crippen molar-refractivity contribution in [1.29, 1.82) is 0 Å². The lowest BCUT2D eigenvalue weighted by atomic mass is 10.2. The van der Waals surface area contributed by atoms with Crippen molar-refractivity contribution in [2.45, 2.75) is 6.54 Å². The summed E-state index contributed by atoms with van der Waals surface area (Å²) in [7, 11) is 0. The number of thiocarbonyl (C=S) groups is 1. The highest BCUT2D eigenvalue weighted by molar-refractivity contribution is 8.26. The molecule has 4 rings (SSSR count). The average molecular weight is 455 g/mol. The first-order valence-electron chi connectivity index (χ1n) is 9.98. The molecule has 2 saturated heterocycles. The summed E-state index contributed by atoms with van der Waals surface area (Å²) >= 11 is 6.71. The van der Waals surface area contributed by atoms with Crippen LogP contribution in [0.5, 0.6) is 5.75 Å². The third-order valence-corrected chi connectivity index (χ3v) is 6.34. The molecule has 2 aromatic rings. The molecular formula is C23H22N2O4S2. The van der Waals surface area contributed by atoms with E-state index in [2.05, 4.69) is 0 Å². The highest BCUT2D eigenvalue weighted by Crippen LogP contribution is 2.33. The van der Waals surface area contributed by atoms with Crippen molar-refractivity contribution in [2.75, 3.05) is 32.9 Å². The summed E-state index contributed by atoms with van der Waals surface area (Å²) in [5.74, 6) is 0.472. The molecule has 8 heteroatoms. The molecular weight excluding hydrogens is 432 g/mol. The van der Waals surface area contributed by atoms with Gasteiger partial charge in [-0.1, -0.05) is 66.4 Å². The van der Waals surface area contributed by atoms with E-state index in [-0.39, 0.29) is 18.4 Å². The zero-order valence-electron chi connectivity index (χ0n) is 16.9. The average Bonchev–Trinajstić information content (AvgIpc) is 3.07. The number of nitrogens with zero attached hydrogens (tertiary/aromatic N) is 2. The number of hydrogen-bond acceptors (Lipinski definition) is 6. The van der Waals surface area contributed by atoms with Crippen molar-refractivity contribution >= 4 is 46.2 Å². The highest BCUT2D eigenvalue weighted by Gasteiger charge is 2.31. The van der Waals surface area contributed by atoms with E-state index in [1.54, 1.807) is 21.9 Å². The van der Waals surface area contributed by atoms with Crippen molar-refractivity contribution in [3.8, 4) is 5.75 Å². The minimum Gasteiger partial charge on any atom is -0.484 e. The molecule has 0 aliphatic carbocycles. The van der Waals surface area contributed by atoms with Gasteiger partial charge in [0.15, 0.2) is 6.61 Å². The number of amides is 2. The van der Waals surface area contributed by atoms with Crippen LogP contribution in [0.1, 0.15) is 11.1 Å². The second-order valence-corrected chi connectivity index (χ2v) is 8.78. The van der Waals surface area contributed by atoms with Crippen LogP contribution in [0.25, 0.3) is 6.08 Å². The first-order valence-corrected chi connectivity index (χ1v) is 11.2. The topological polar surface area (TPSA) is 59.1 Å². The highest BCUT2D eigenvalue weighted by atomic mass is 32.2. The van der Waals surface area contributed by atoms with E-state index in [0.717, 1.165) is 11.1 Å². The van der Waals surface area contributed by atoms with Crippen molar-refractivity contribution in [3.05, 3.63) is 70.6 Å². The van der Waals surface area contributed by atoms with Crippen LogP contribution in [0.3, 0.4) is 0 Å². The van der Waals surface area contributed by atoms with Gasteiger partial charge in [-0.3, -0.25) is 14.5 Å². The van der Waals surface area contributed by atoms with Crippen molar-refractivity contribution in [2.24, 2.45) is 0 Å².